The van der Waals surface area contributed by atoms with Crippen LogP contribution in [0.4, 0.5) is 4.79 Å². The summed E-state index contributed by atoms with van der Waals surface area (Å²) in [6.07, 6.45) is 1.28. The lowest BCUT2D eigenvalue weighted by Crippen LogP contribution is -2.46. The van der Waals surface area contributed by atoms with Gasteiger partial charge in [-0.15, -0.1) is 0 Å². The summed E-state index contributed by atoms with van der Waals surface area (Å²) < 4.78 is 9.36. The van der Waals surface area contributed by atoms with Gasteiger partial charge in [0.05, 0.1) is 11.4 Å². The number of carbonyl (C=O) groups is 1. The molecule has 4 rings (SSSR count). The number of aryl methyl sites for hydroxylation is 4. The third-order valence-electron chi connectivity index (χ3n) is 6.86. The molecule has 0 saturated heterocycles. The Morgan fingerprint density at radius 2 is 1.16 bits per heavy atom. The maximum atomic E-state index is 12.0. The van der Waals surface area contributed by atoms with Gasteiger partial charge in [-0.05, 0) is 87.3 Å². The lowest BCUT2D eigenvalue weighted by Gasteiger charge is -2.28. The SMILES string of the molecule is Cc1cc(-c2ccccc2)nn1CCC(C)(C)N.Cc1cc(-c2ccccc2)nn1CCC(C)(C)NC(=O)OC(C)(C)C. The predicted molar refractivity (Wildman–Crippen MR) is 176 cm³/mol. The van der Waals surface area contributed by atoms with Crippen molar-refractivity contribution in [1.82, 2.24) is 24.9 Å². The molecule has 8 nitrogen and oxygen atoms in total. The van der Waals surface area contributed by atoms with Gasteiger partial charge >= 0.3 is 6.09 Å². The minimum atomic E-state index is -0.497. The lowest BCUT2D eigenvalue weighted by molar-refractivity contribution is 0.0465. The number of alkyl carbamates (subject to hydrolysis) is 1. The minimum absolute atomic E-state index is 0.148. The minimum Gasteiger partial charge on any atom is -0.444 e. The Hall–Kier alpha value is -3.91. The van der Waals surface area contributed by atoms with E-state index in [4.69, 9.17) is 15.6 Å². The molecule has 0 aliphatic heterocycles. The molecule has 0 fully saturated rings. The number of nitrogens with one attached hydrogen (secondary N) is 1. The van der Waals surface area contributed by atoms with Gasteiger partial charge in [0.2, 0.25) is 0 Å². The van der Waals surface area contributed by atoms with E-state index in [1.807, 2.05) is 101 Å². The number of amides is 1. The van der Waals surface area contributed by atoms with Crippen LogP contribution in [0, 0.1) is 13.8 Å². The molecule has 2 heterocycles. The van der Waals surface area contributed by atoms with E-state index in [2.05, 4.69) is 53.7 Å². The van der Waals surface area contributed by atoms with Crippen molar-refractivity contribution in [2.45, 2.75) is 105 Å². The topological polar surface area (TPSA) is 100.0 Å². The highest BCUT2D eigenvalue weighted by Crippen LogP contribution is 2.21. The number of hydrogen-bond donors (Lipinski definition) is 2. The Labute approximate surface area is 257 Å². The zero-order valence-corrected chi connectivity index (χ0v) is 27.4. The van der Waals surface area contributed by atoms with Crippen LogP contribution in [0.3, 0.4) is 0 Å². The van der Waals surface area contributed by atoms with Gasteiger partial charge in [-0.25, -0.2) is 4.79 Å². The Morgan fingerprint density at radius 3 is 1.56 bits per heavy atom. The van der Waals surface area contributed by atoms with Gasteiger partial charge in [-0.3, -0.25) is 9.36 Å². The van der Waals surface area contributed by atoms with E-state index in [1.165, 1.54) is 5.69 Å². The molecule has 0 radical (unpaired) electrons. The summed E-state index contributed by atoms with van der Waals surface area (Å²) in [6, 6.07) is 24.6. The van der Waals surface area contributed by atoms with E-state index in [0.29, 0.717) is 0 Å². The third-order valence-corrected chi connectivity index (χ3v) is 6.86. The standard InChI is InChI=1S/C20H29N3O2.C15H21N3/c1-15-14-17(16-10-8-7-9-11-16)22-23(15)13-12-20(5,6)21-18(24)25-19(2,3)4;1-12-11-14(13-7-5-4-6-8-13)17-18(12)10-9-15(2,3)16/h7-11,14H,12-13H2,1-6H3,(H,21,24);4-8,11H,9-10,16H2,1-3H3. The van der Waals surface area contributed by atoms with Gasteiger partial charge in [0.15, 0.2) is 0 Å². The van der Waals surface area contributed by atoms with Crippen molar-refractivity contribution in [2.24, 2.45) is 5.73 Å². The van der Waals surface area contributed by atoms with Crippen molar-refractivity contribution in [3.8, 4) is 22.5 Å². The van der Waals surface area contributed by atoms with Crippen LogP contribution >= 0.6 is 0 Å². The van der Waals surface area contributed by atoms with Crippen LogP contribution in [0.2, 0.25) is 0 Å². The van der Waals surface area contributed by atoms with Crippen LogP contribution in [0.5, 0.6) is 0 Å². The summed E-state index contributed by atoms with van der Waals surface area (Å²) in [5.74, 6) is 0. The van der Waals surface area contributed by atoms with Crippen LogP contribution in [-0.2, 0) is 17.8 Å². The van der Waals surface area contributed by atoms with Gasteiger partial charge < -0.3 is 15.8 Å². The van der Waals surface area contributed by atoms with Gasteiger partial charge in [-0.2, -0.15) is 10.2 Å². The molecule has 0 spiro atoms. The zero-order valence-electron chi connectivity index (χ0n) is 27.4. The fourth-order valence-electron chi connectivity index (χ4n) is 4.39. The first-order chi connectivity index (χ1) is 20.0. The summed E-state index contributed by atoms with van der Waals surface area (Å²) in [7, 11) is 0. The molecule has 232 valence electrons. The van der Waals surface area contributed by atoms with Gasteiger partial charge in [0, 0.05) is 46.7 Å². The van der Waals surface area contributed by atoms with E-state index in [0.717, 1.165) is 54.1 Å². The second kappa shape index (κ2) is 14.0. The summed E-state index contributed by atoms with van der Waals surface area (Å²) in [6.45, 7) is 19.4. The van der Waals surface area contributed by atoms with Crippen LogP contribution in [0.15, 0.2) is 72.8 Å². The molecule has 3 N–H and O–H groups in total. The monoisotopic (exact) mass is 586 g/mol. The van der Waals surface area contributed by atoms with E-state index in [1.54, 1.807) is 0 Å². The van der Waals surface area contributed by atoms with Crippen molar-refractivity contribution < 1.29 is 9.53 Å². The first-order valence-corrected chi connectivity index (χ1v) is 15.0. The molecule has 2 aromatic heterocycles. The number of nitrogens with two attached hydrogens (primary N) is 1. The fourth-order valence-corrected chi connectivity index (χ4v) is 4.39. The quantitative estimate of drug-likeness (QED) is 0.211. The molecule has 4 aromatic rings. The first kappa shape index (κ1) is 33.6. The number of hydrogen-bond acceptors (Lipinski definition) is 5. The average molecular weight is 587 g/mol. The Balaban J connectivity index is 0.000000248. The van der Waals surface area contributed by atoms with Crippen molar-refractivity contribution >= 4 is 6.09 Å². The maximum Gasteiger partial charge on any atom is 0.408 e. The Kier molecular flexibility index (Phi) is 11.0. The van der Waals surface area contributed by atoms with Crippen LogP contribution < -0.4 is 11.1 Å². The summed E-state index contributed by atoms with van der Waals surface area (Å²) in [5.41, 5.74) is 11.5. The number of ether oxygens (including phenoxy) is 1. The summed E-state index contributed by atoms with van der Waals surface area (Å²) >= 11 is 0. The van der Waals surface area contributed by atoms with E-state index >= 15 is 0 Å². The molecule has 0 aliphatic carbocycles. The van der Waals surface area contributed by atoms with Crippen LogP contribution in [-0.4, -0.2) is 42.3 Å². The average Bonchev–Trinajstić information content (AvgIpc) is 3.48. The van der Waals surface area contributed by atoms with Crippen LogP contribution in [0.1, 0.15) is 72.7 Å². The van der Waals surface area contributed by atoms with Crippen molar-refractivity contribution in [1.29, 1.82) is 0 Å². The second-order valence-corrected chi connectivity index (χ2v) is 13.5. The highest BCUT2D eigenvalue weighted by Gasteiger charge is 2.25. The van der Waals surface area contributed by atoms with Crippen LogP contribution in [0.25, 0.3) is 22.5 Å². The Morgan fingerprint density at radius 1 is 0.744 bits per heavy atom. The highest BCUT2D eigenvalue weighted by molar-refractivity contribution is 5.68. The van der Waals surface area contributed by atoms with Gasteiger partial charge in [0.1, 0.15) is 5.60 Å². The maximum absolute atomic E-state index is 12.0. The van der Waals surface area contributed by atoms with Crippen molar-refractivity contribution in [3.63, 3.8) is 0 Å². The summed E-state index contributed by atoms with van der Waals surface area (Å²) in [4.78, 5) is 12.0. The molecular weight excluding hydrogens is 536 g/mol. The van der Waals surface area contributed by atoms with E-state index in [-0.39, 0.29) is 17.2 Å². The molecular formula is C35H50N6O2. The number of carbonyl (C=O) groups excluding carboxylic acids is 1. The molecule has 0 atom stereocenters. The molecule has 2 aromatic carbocycles. The number of aromatic nitrogens is 4. The van der Waals surface area contributed by atoms with Crippen molar-refractivity contribution in [2.75, 3.05) is 0 Å². The molecule has 1 amide bonds. The predicted octanol–water partition coefficient (Wildman–Crippen LogP) is 7.54. The van der Waals surface area contributed by atoms with Gasteiger partial charge in [-0.1, -0.05) is 60.7 Å². The van der Waals surface area contributed by atoms with E-state index in [9.17, 15) is 4.79 Å². The molecule has 0 bridgehead atoms. The normalized spacial score (nSPS) is 12.0. The smallest absolute Gasteiger partial charge is 0.408 e. The Bertz CT molecular complexity index is 1440. The number of benzene rings is 2. The fraction of sp³-hybridized carbons (Fsp3) is 0.457. The molecule has 0 unspecified atom stereocenters. The molecule has 43 heavy (non-hydrogen) atoms. The third kappa shape index (κ3) is 11.4. The molecule has 0 aliphatic rings. The first-order valence-electron chi connectivity index (χ1n) is 15.0. The van der Waals surface area contributed by atoms with Crippen molar-refractivity contribution in [3.05, 3.63) is 84.2 Å². The lowest BCUT2D eigenvalue weighted by atomic mass is 10.0. The number of rotatable bonds is 9. The largest absolute Gasteiger partial charge is 0.444 e. The van der Waals surface area contributed by atoms with Gasteiger partial charge in [0.25, 0.3) is 0 Å². The second-order valence-electron chi connectivity index (χ2n) is 13.5. The number of nitrogens with zero attached hydrogens (tertiary/aromatic N) is 4. The highest BCUT2D eigenvalue weighted by atomic mass is 16.6. The molecule has 8 heteroatoms. The zero-order chi connectivity index (χ0) is 31.8. The molecule has 0 saturated carbocycles. The summed E-state index contributed by atoms with van der Waals surface area (Å²) in [5, 5.41) is 12.3. The van der Waals surface area contributed by atoms with E-state index < -0.39 is 5.60 Å².